The molecular formula is C21H25N3O3S. The van der Waals surface area contributed by atoms with E-state index in [0.717, 1.165) is 11.1 Å². The maximum Gasteiger partial charge on any atom is 0.247 e. The molecule has 0 atom stereocenters. The molecule has 28 heavy (non-hydrogen) atoms. The Kier molecular flexibility index (Phi) is 6.14. The summed E-state index contributed by atoms with van der Waals surface area (Å²) in [6.07, 6.45) is 7.43. The van der Waals surface area contributed by atoms with E-state index in [-0.39, 0.29) is 17.7 Å². The molecule has 1 fully saturated rings. The predicted molar refractivity (Wildman–Crippen MR) is 111 cm³/mol. The highest BCUT2D eigenvalue weighted by atomic mass is 32.2. The van der Waals surface area contributed by atoms with E-state index in [1.807, 2.05) is 38.1 Å². The molecule has 7 heteroatoms. The molecule has 0 unspecified atom stereocenters. The normalized spacial score (nSPS) is 16.0. The molecule has 1 aliphatic rings. The molecule has 1 amide bonds. The van der Waals surface area contributed by atoms with Gasteiger partial charge in [0.25, 0.3) is 0 Å². The highest BCUT2D eigenvalue weighted by Gasteiger charge is 2.28. The Labute approximate surface area is 166 Å². The van der Waals surface area contributed by atoms with Crippen molar-refractivity contribution < 1.29 is 13.2 Å². The van der Waals surface area contributed by atoms with E-state index >= 15 is 0 Å². The third-order valence-electron chi connectivity index (χ3n) is 4.68. The lowest BCUT2D eigenvalue weighted by molar-refractivity contribution is -0.128. The first kappa shape index (κ1) is 20.1. The van der Waals surface area contributed by atoms with E-state index in [1.165, 1.54) is 4.31 Å². The standard InChI is InChI=1S/C21H25N3O3S/c1-17(2)23(16-19-5-3-12-22-15-19)21(25)11-8-18-6-9-20(10-7-18)24-13-4-14-28(24,26)27/h3,5-12,15,17H,4,13-14,16H2,1-2H3/b11-8+. The fraction of sp³-hybridized carbons (Fsp3) is 0.333. The predicted octanol–water partition coefficient (Wildman–Crippen LogP) is 3.07. The second-order valence-corrected chi connectivity index (χ2v) is 9.10. The van der Waals surface area contributed by atoms with E-state index < -0.39 is 10.0 Å². The second-order valence-electron chi connectivity index (χ2n) is 7.09. The Morgan fingerprint density at radius 3 is 2.57 bits per heavy atom. The largest absolute Gasteiger partial charge is 0.332 e. The van der Waals surface area contributed by atoms with Crippen LogP contribution in [-0.2, 0) is 21.4 Å². The number of rotatable bonds is 6. The van der Waals surface area contributed by atoms with Gasteiger partial charge in [-0.05, 0) is 55.7 Å². The van der Waals surface area contributed by atoms with E-state index in [9.17, 15) is 13.2 Å². The lowest BCUT2D eigenvalue weighted by Gasteiger charge is -2.25. The van der Waals surface area contributed by atoms with Crippen molar-refractivity contribution in [2.24, 2.45) is 0 Å². The van der Waals surface area contributed by atoms with Gasteiger partial charge in [0.05, 0.1) is 11.4 Å². The van der Waals surface area contributed by atoms with Crippen LogP contribution in [0.5, 0.6) is 0 Å². The lowest BCUT2D eigenvalue weighted by Crippen LogP contribution is -2.35. The Bertz CT molecular complexity index is 939. The fourth-order valence-electron chi connectivity index (χ4n) is 3.15. The van der Waals surface area contributed by atoms with Gasteiger partial charge >= 0.3 is 0 Å². The highest BCUT2D eigenvalue weighted by Crippen LogP contribution is 2.24. The molecule has 2 aromatic rings. The maximum atomic E-state index is 12.7. The molecule has 6 nitrogen and oxygen atoms in total. The topological polar surface area (TPSA) is 70.6 Å². The van der Waals surface area contributed by atoms with E-state index in [1.54, 1.807) is 41.6 Å². The first-order chi connectivity index (χ1) is 13.4. The SMILES string of the molecule is CC(C)N(Cc1cccnc1)C(=O)/C=C/c1ccc(N2CCCS2(=O)=O)cc1. The minimum absolute atomic E-state index is 0.0557. The van der Waals surface area contributed by atoms with Crippen molar-refractivity contribution in [3.63, 3.8) is 0 Å². The molecule has 0 saturated carbocycles. The average molecular weight is 400 g/mol. The summed E-state index contributed by atoms with van der Waals surface area (Å²) < 4.78 is 25.5. The summed E-state index contributed by atoms with van der Waals surface area (Å²) in [5.41, 5.74) is 2.49. The number of anilines is 1. The van der Waals surface area contributed by atoms with Gasteiger partial charge in [-0.25, -0.2) is 8.42 Å². The molecule has 0 aliphatic carbocycles. The number of hydrogen-bond acceptors (Lipinski definition) is 4. The number of sulfonamides is 1. The Hall–Kier alpha value is -2.67. The van der Waals surface area contributed by atoms with Crippen LogP contribution < -0.4 is 4.31 Å². The van der Waals surface area contributed by atoms with Crippen LogP contribution in [0.1, 0.15) is 31.4 Å². The molecule has 0 radical (unpaired) electrons. The zero-order chi connectivity index (χ0) is 20.1. The summed E-state index contributed by atoms with van der Waals surface area (Å²) in [4.78, 5) is 18.5. The van der Waals surface area contributed by atoms with Crippen LogP contribution in [0.3, 0.4) is 0 Å². The van der Waals surface area contributed by atoms with Crippen LogP contribution in [-0.4, -0.2) is 42.5 Å². The summed E-state index contributed by atoms with van der Waals surface area (Å²) in [5, 5.41) is 0. The summed E-state index contributed by atoms with van der Waals surface area (Å²) in [6.45, 7) is 4.98. The Balaban J connectivity index is 1.68. The lowest BCUT2D eigenvalue weighted by atomic mass is 10.1. The number of nitrogens with zero attached hydrogens (tertiary/aromatic N) is 3. The van der Waals surface area contributed by atoms with Crippen LogP contribution >= 0.6 is 0 Å². The van der Waals surface area contributed by atoms with Gasteiger partial charge in [0.15, 0.2) is 0 Å². The number of pyridine rings is 1. The van der Waals surface area contributed by atoms with Crippen LogP contribution in [0.25, 0.3) is 6.08 Å². The van der Waals surface area contributed by atoms with Gasteiger partial charge in [-0.3, -0.25) is 14.1 Å². The van der Waals surface area contributed by atoms with E-state index in [2.05, 4.69) is 4.98 Å². The third kappa shape index (κ3) is 4.78. The third-order valence-corrected chi connectivity index (χ3v) is 6.55. The number of aromatic nitrogens is 1. The van der Waals surface area contributed by atoms with E-state index in [4.69, 9.17) is 0 Å². The number of benzene rings is 1. The van der Waals surface area contributed by atoms with Crippen LogP contribution in [0.2, 0.25) is 0 Å². The Morgan fingerprint density at radius 2 is 2.00 bits per heavy atom. The van der Waals surface area contributed by atoms with Gasteiger partial charge < -0.3 is 4.90 Å². The van der Waals surface area contributed by atoms with Crippen molar-refractivity contribution in [1.82, 2.24) is 9.88 Å². The van der Waals surface area contributed by atoms with Gasteiger partial charge in [0, 0.05) is 37.6 Å². The summed E-state index contributed by atoms with van der Waals surface area (Å²) in [5.74, 6) is 0.121. The summed E-state index contributed by atoms with van der Waals surface area (Å²) >= 11 is 0. The molecule has 1 aromatic carbocycles. The van der Waals surface area contributed by atoms with Crippen molar-refractivity contribution in [1.29, 1.82) is 0 Å². The molecule has 2 heterocycles. The van der Waals surface area contributed by atoms with Gasteiger partial charge in [0.1, 0.15) is 0 Å². The monoisotopic (exact) mass is 399 g/mol. The van der Waals surface area contributed by atoms with Crippen molar-refractivity contribution in [3.05, 3.63) is 66.0 Å². The molecule has 1 saturated heterocycles. The number of carbonyl (C=O) groups is 1. The van der Waals surface area contributed by atoms with Crippen LogP contribution in [0, 0.1) is 0 Å². The number of carbonyl (C=O) groups excluding carboxylic acids is 1. The zero-order valence-corrected chi connectivity index (χ0v) is 17.0. The summed E-state index contributed by atoms with van der Waals surface area (Å²) in [6, 6.07) is 11.1. The Morgan fingerprint density at radius 1 is 1.25 bits per heavy atom. The molecule has 1 aliphatic heterocycles. The molecule has 3 rings (SSSR count). The fourth-order valence-corrected chi connectivity index (χ4v) is 4.71. The molecule has 1 aromatic heterocycles. The maximum absolute atomic E-state index is 12.7. The molecule has 148 valence electrons. The molecule has 0 spiro atoms. The minimum Gasteiger partial charge on any atom is -0.332 e. The molecule has 0 bridgehead atoms. The minimum atomic E-state index is -3.18. The van der Waals surface area contributed by atoms with Gasteiger partial charge in [-0.15, -0.1) is 0 Å². The van der Waals surface area contributed by atoms with Gasteiger partial charge in [-0.2, -0.15) is 0 Å². The van der Waals surface area contributed by atoms with Crippen molar-refractivity contribution >= 4 is 27.7 Å². The first-order valence-electron chi connectivity index (χ1n) is 9.35. The smallest absolute Gasteiger partial charge is 0.247 e. The first-order valence-corrected chi connectivity index (χ1v) is 11.0. The molecular weight excluding hydrogens is 374 g/mol. The second kappa shape index (κ2) is 8.56. The average Bonchev–Trinajstić information content (AvgIpc) is 3.04. The van der Waals surface area contributed by atoms with E-state index in [0.29, 0.717) is 25.2 Å². The number of amides is 1. The number of hydrogen-bond donors (Lipinski definition) is 0. The molecule has 0 N–H and O–H groups in total. The zero-order valence-electron chi connectivity index (χ0n) is 16.2. The highest BCUT2D eigenvalue weighted by molar-refractivity contribution is 7.93. The van der Waals surface area contributed by atoms with Crippen molar-refractivity contribution in [2.45, 2.75) is 32.9 Å². The van der Waals surface area contributed by atoms with Gasteiger partial charge in [-0.1, -0.05) is 18.2 Å². The summed E-state index contributed by atoms with van der Waals surface area (Å²) in [7, 11) is -3.18. The van der Waals surface area contributed by atoms with Gasteiger partial charge in [0.2, 0.25) is 15.9 Å². The van der Waals surface area contributed by atoms with Crippen LogP contribution in [0.4, 0.5) is 5.69 Å². The van der Waals surface area contributed by atoms with Crippen LogP contribution in [0.15, 0.2) is 54.9 Å². The van der Waals surface area contributed by atoms with Crippen molar-refractivity contribution in [3.8, 4) is 0 Å². The van der Waals surface area contributed by atoms with Crippen molar-refractivity contribution in [2.75, 3.05) is 16.6 Å². The quantitative estimate of drug-likeness (QED) is 0.700.